The summed E-state index contributed by atoms with van der Waals surface area (Å²) >= 11 is 1.36. The minimum Gasteiger partial charge on any atom is -0.493 e. The number of thioether (sulfide) groups is 1. The summed E-state index contributed by atoms with van der Waals surface area (Å²) in [5.41, 5.74) is 2.02. The zero-order valence-corrected chi connectivity index (χ0v) is 17.9. The predicted molar refractivity (Wildman–Crippen MR) is 108 cm³/mol. The quantitative estimate of drug-likeness (QED) is 0.600. The molecular formula is C19H28N2O6S. The fourth-order valence-corrected chi connectivity index (χ4v) is 3.09. The molecule has 0 spiro atoms. The largest absolute Gasteiger partial charge is 0.493 e. The lowest BCUT2D eigenvalue weighted by molar-refractivity contribution is -0.151. The third-order valence-electron chi connectivity index (χ3n) is 3.65. The summed E-state index contributed by atoms with van der Waals surface area (Å²) in [7, 11) is 3.14. The first-order valence-electron chi connectivity index (χ1n) is 8.78. The Bertz CT molecular complexity index is 708. The summed E-state index contributed by atoms with van der Waals surface area (Å²) in [4.78, 5) is 35.3. The number of rotatable bonds is 9. The zero-order valence-electron chi connectivity index (χ0n) is 17.1. The number of imide groups is 1. The Balaban J connectivity index is 2.48. The van der Waals surface area contributed by atoms with Crippen LogP contribution in [0.15, 0.2) is 12.1 Å². The van der Waals surface area contributed by atoms with E-state index in [4.69, 9.17) is 14.2 Å². The molecule has 0 aliphatic carbocycles. The van der Waals surface area contributed by atoms with Gasteiger partial charge in [-0.15, -0.1) is 11.8 Å². The van der Waals surface area contributed by atoms with E-state index in [2.05, 4.69) is 10.6 Å². The number of hydrogen-bond acceptors (Lipinski definition) is 7. The maximum atomic E-state index is 12.0. The minimum absolute atomic E-state index is 0.0730. The monoisotopic (exact) mass is 412 g/mol. The maximum Gasteiger partial charge on any atom is 0.321 e. The van der Waals surface area contributed by atoms with Crippen molar-refractivity contribution in [2.45, 2.75) is 45.6 Å². The van der Waals surface area contributed by atoms with E-state index in [9.17, 15) is 14.4 Å². The van der Waals surface area contributed by atoms with Gasteiger partial charge in [-0.3, -0.25) is 14.9 Å². The van der Waals surface area contributed by atoms with Gasteiger partial charge in [-0.05, 0) is 51.0 Å². The molecule has 0 saturated carbocycles. The van der Waals surface area contributed by atoms with Crippen molar-refractivity contribution >= 4 is 29.7 Å². The topological polar surface area (TPSA) is 103 Å². The summed E-state index contributed by atoms with van der Waals surface area (Å²) < 4.78 is 15.6. The second-order valence-corrected chi connectivity index (χ2v) is 7.36. The van der Waals surface area contributed by atoms with Gasteiger partial charge in [0.1, 0.15) is 0 Å². The highest BCUT2D eigenvalue weighted by atomic mass is 32.2. The molecule has 0 radical (unpaired) electrons. The van der Waals surface area contributed by atoms with Crippen LogP contribution in [-0.2, 0) is 20.1 Å². The van der Waals surface area contributed by atoms with Crippen molar-refractivity contribution in [3.05, 3.63) is 23.3 Å². The number of hydrogen-bond donors (Lipinski definition) is 2. The van der Waals surface area contributed by atoms with Crippen molar-refractivity contribution in [2.75, 3.05) is 20.0 Å². The van der Waals surface area contributed by atoms with Crippen LogP contribution < -0.4 is 20.1 Å². The van der Waals surface area contributed by atoms with Gasteiger partial charge < -0.3 is 19.5 Å². The molecule has 0 fully saturated rings. The normalized spacial score (nSPS) is 11.5. The van der Waals surface area contributed by atoms with Crippen LogP contribution in [0.4, 0.5) is 4.79 Å². The highest BCUT2D eigenvalue weighted by Gasteiger charge is 2.20. The summed E-state index contributed by atoms with van der Waals surface area (Å²) in [6.07, 6.45) is -1.06. The number of benzene rings is 1. The van der Waals surface area contributed by atoms with E-state index < -0.39 is 24.0 Å². The van der Waals surface area contributed by atoms with Crippen LogP contribution in [0.2, 0.25) is 0 Å². The van der Waals surface area contributed by atoms with E-state index in [1.807, 2.05) is 19.1 Å². The number of urea groups is 1. The Morgan fingerprint density at radius 3 is 2.25 bits per heavy atom. The maximum absolute atomic E-state index is 12.0. The Hall–Kier alpha value is -2.42. The molecule has 156 valence electrons. The molecule has 0 aliphatic rings. The van der Waals surface area contributed by atoms with Crippen molar-refractivity contribution < 1.29 is 28.6 Å². The molecular weight excluding hydrogens is 384 g/mol. The van der Waals surface area contributed by atoms with Gasteiger partial charge in [-0.1, -0.05) is 0 Å². The van der Waals surface area contributed by atoms with Crippen molar-refractivity contribution in [3.8, 4) is 11.5 Å². The highest BCUT2D eigenvalue weighted by molar-refractivity contribution is 7.99. The fourth-order valence-electron chi connectivity index (χ4n) is 2.22. The van der Waals surface area contributed by atoms with Crippen LogP contribution in [0.5, 0.6) is 11.5 Å². The van der Waals surface area contributed by atoms with Crippen LogP contribution >= 0.6 is 11.8 Å². The van der Waals surface area contributed by atoms with Gasteiger partial charge in [-0.2, -0.15) is 0 Å². The van der Waals surface area contributed by atoms with Gasteiger partial charge in [0.05, 0.1) is 20.0 Å². The summed E-state index contributed by atoms with van der Waals surface area (Å²) in [5, 5.41) is 4.65. The van der Waals surface area contributed by atoms with Gasteiger partial charge in [0, 0.05) is 11.8 Å². The minimum atomic E-state index is -1.06. The van der Waals surface area contributed by atoms with Gasteiger partial charge in [0.25, 0.3) is 5.91 Å². The smallest absolute Gasteiger partial charge is 0.321 e. The van der Waals surface area contributed by atoms with Gasteiger partial charge in [-0.25, -0.2) is 4.79 Å². The third kappa shape index (κ3) is 7.67. The number of aryl methyl sites for hydroxylation is 1. The second-order valence-electron chi connectivity index (χ2n) is 6.38. The molecule has 0 bridgehead atoms. The number of carbonyl (C=O) groups excluding carboxylic acids is 3. The molecule has 1 aromatic carbocycles. The van der Waals surface area contributed by atoms with Crippen LogP contribution in [0.25, 0.3) is 0 Å². The van der Waals surface area contributed by atoms with Crippen molar-refractivity contribution in [3.63, 3.8) is 0 Å². The molecule has 3 amide bonds. The van der Waals surface area contributed by atoms with Gasteiger partial charge in [0.2, 0.25) is 0 Å². The molecule has 0 aromatic heterocycles. The number of nitrogens with one attached hydrogen (secondary N) is 2. The molecule has 1 unspecified atom stereocenters. The Labute approximate surface area is 169 Å². The van der Waals surface area contributed by atoms with Crippen molar-refractivity contribution in [2.24, 2.45) is 0 Å². The summed E-state index contributed by atoms with van der Waals surface area (Å²) in [5.74, 6) is 0.704. The Kier molecular flexibility index (Phi) is 9.64. The molecule has 9 heteroatoms. The molecule has 0 aliphatic heterocycles. The van der Waals surface area contributed by atoms with Crippen LogP contribution in [0, 0.1) is 6.92 Å². The number of esters is 1. The van der Waals surface area contributed by atoms with Crippen molar-refractivity contribution in [1.29, 1.82) is 0 Å². The Morgan fingerprint density at radius 1 is 1.07 bits per heavy atom. The van der Waals surface area contributed by atoms with E-state index in [0.717, 1.165) is 11.1 Å². The van der Waals surface area contributed by atoms with E-state index in [-0.39, 0.29) is 11.8 Å². The van der Waals surface area contributed by atoms with Crippen LogP contribution in [0.3, 0.4) is 0 Å². The highest BCUT2D eigenvalue weighted by Crippen LogP contribution is 2.31. The SMILES string of the molecule is COc1cc(C)c(CSCC(=O)OC(C)C(=O)NC(=O)NC(C)C)cc1OC. The third-order valence-corrected chi connectivity index (χ3v) is 4.61. The first-order chi connectivity index (χ1) is 13.2. The first-order valence-corrected chi connectivity index (χ1v) is 9.93. The molecule has 0 saturated heterocycles. The van der Waals surface area contributed by atoms with Crippen LogP contribution in [0.1, 0.15) is 31.9 Å². The van der Waals surface area contributed by atoms with E-state index in [0.29, 0.717) is 17.3 Å². The van der Waals surface area contributed by atoms with E-state index in [1.54, 1.807) is 28.1 Å². The van der Waals surface area contributed by atoms with Crippen molar-refractivity contribution in [1.82, 2.24) is 10.6 Å². The average Bonchev–Trinajstić information content (AvgIpc) is 2.61. The second kappa shape index (κ2) is 11.4. The predicted octanol–water partition coefficient (Wildman–Crippen LogP) is 2.41. The molecule has 8 nitrogen and oxygen atoms in total. The van der Waals surface area contributed by atoms with Crippen LogP contribution in [-0.4, -0.2) is 50.0 Å². The number of ether oxygens (including phenoxy) is 3. The first kappa shape index (κ1) is 23.6. The number of amides is 3. The average molecular weight is 413 g/mol. The Morgan fingerprint density at radius 2 is 1.68 bits per heavy atom. The molecule has 1 atom stereocenters. The molecule has 2 N–H and O–H groups in total. The molecule has 28 heavy (non-hydrogen) atoms. The standard InChI is InChI=1S/C19H28N2O6S/c1-11(2)20-19(24)21-18(23)13(4)27-17(22)10-28-9-14-8-16(26-6)15(25-5)7-12(14)3/h7-8,11,13H,9-10H2,1-6H3,(H2,20,21,23,24). The number of carbonyl (C=O) groups is 3. The van der Waals surface area contributed by atoms with E-state index >= 15 is 0 Å². The lowest BCUT2D eigenvalue weighted by Crippen LogP contribution is -2.46. The summed E-state index contributed by atoms with van der Waals surface area (Å²) in [6.45, 7) is 6.90. The zero-order chi connectivity index (χ0) is 21.3. The lowest BCUT2D eigenvalue weighted by atomic mass is 10.1. The lowest BCUT2D eigenvalue weighted by Gasteiger charge is -2.15. The molecule has 0 heterocycles. The molecule has 1 rings (SSSR count). The van der Waals surface area contributed by atoms with E-state index in [1.165, 1.54) is 18.7 Å². The molecule has 1 aromatic rings. The summed E-state index contributed by atoms with van der Waals surface area (Å²) in [6, 6.07) is 3.01. The van der Waals surface area contributed by atoms with Gasteiger partial charge >= 0.3 is 12.0 Å². The number of methoxy groups -OCH3 is 2. The fraction of sp³-hybridized carbons (Fsp3) is 0.526. The van der Waals surface area contributed by atoms with Gasteiger partial charge in [0.15, 0.2) is 17.6 Å².